The van der Waals surface area contributed by atoms with Crippen molar-refractivity contribution in [2.75, 3.05) is 26.7 Å². The molecule has 0 amide bonds. The molecule has 0 rings (SSSR count). The second-order valence-electron chi connectivity index (χ2n) is 6.01. The first-order chi connectivity index (χ1) is 11.4. The first-order valence-electron chi connectivity index (χ1n) is 8.99. The van der Waals surface area contributed by atoms with Crippen LogP contribution in [0.4, 0.5) is 0 Å². The monoisotopic (exact) mass is 386 g/mol. The van der Waals surface area contributed by atoms with Gasteiger partial charge in [-0.25, -0.2) is 0 Å². The number of hydrogen-bond donors (Lipinski definition) is 1. The summed E-state index contributed by atoms with van der Waals surface area (Å²) >= 11 is 0. The fourth-order valence-electron chi connectivity index (χ4n) is 2.53. The van der Waals surface area contributed by atoms with Gasteiger partial charge in [-0.05, 0) is 13.3 Å². The van der Waals surface area contributed by atoms with E-state index >= 15 is 0 Å². The van der Waals surface area contributed by atoms with Crippen molar-refractivity contribution in [1.29, 1.82) is 0 Å². The van der Waals surface area contributed by atoms with Gasteiger partial charge in [0.2, 0.25) is 7.37 Å². The predicted octanol–water partition coefficient (Wildman–Crippen LogP) is 5.59. The van der Waals surface area contributed by atoms with Crippen LogP contribution >= 0.6 is 15.0 Å². The molecule has 1 N–H and O–H groups in total. The molecule has 6 nitrogen and oxygen atoms in total. The molecule has 2 atom stereocenters. The summed E-state index contributed by atoms with van der Waals surface area (Å²) in [4.78, 5) is 0. The Morgan fingerprint density at radius 1 is 0.875 bits per heavy atom. The molecule has 0 fully saturated rings. The SMILES string of the molecule is CCCCCCCCCCC(O)P(=O)(CP(=O)(OC)OC)OCC. The summed E-state index contributed by atoms with van der Waals surface area (Å²) in [5.41, 5.74) is 0. The van der Waals surface area contributed by atoms with Gasteiger partial charge in [0.1, 0.15) is 11.7 Å². The zero-order valence-electron chi connectivity index (χ0n) is 15.7. The Morgan fingerprint density at radius 3 is 1.83 bits per heavy atom. The fourth-order valence-corrected chi connectivity index (χ4v) is 7.80. The number of unbranched alkanes of at least 4 members (excludes halogenated alkanes) is 7. The molecule has 0 radical (unpaired) electrons. The van der Waals surface area contributed by atoms with Gasteiger partial charge in [0.25, 0.3) is 0 Å². The van der Waals surface area contributed by atoms with Crippen LogP contribution in [0.5, 0.6) is 0 Å². The molecule has 24 heavy (non-hydrogen) atoms. The van der Waals surface area contributed by atoms with E-state index in [1.807, 2.05) is 0 Å². The predicted molar refractivity (Wildman–Crippen MR) is 99.0 cm³/mol. The topological polar surface area (TPSA) is 82.1 Å². The van der Waals surface area contributed by atoms with E-state index in [0.29, 0.717) is 6.42 Å². The van der Waals surface area contributed by atoms with Crippen molar-refractivity contribution in [1.82, 2.24) is 0 Å². The van der Waals surface area contributed by atoms with E-state index in [1.165, 1.54) is 46.3 Å². The van der Waals surface area contributed by atoms with Gasteiger partial charge in [-0.3, -0.25) is 9.13 Å². The van der Waals surface area contributed by atoms with Crippen molar-refractivity contribution < 1.29 is 27.8 Å². The minimum absolute atomic E-state index is 0.180. The highest BCUT2D eigenvalue weighted by molar-refractivity contribution is 7.74. The minimum Gasteiger partial charge on any atom is -0.383 e. The molecular weight excluding hydrogens is 350 g/mol. The highest BCUT2D eigenvalue weighted by Crippen LogP contribution is 2.65. The first-order valence-corrected chi connectivity index (χ1v) is 12.6. The van der Waals surface area contributed by atoms with Crippen molar-refractivity contribution in [3.8, 4) is 0 Å². The van der Waals surface area contributed by atoms with Crippen molar-refractivity contribution in [3.63, 3.8) is 0 Å². The molecule has 0 spiro atoms. The average molecular weight is 386 g/mol. The number of hydrogen-bond acceptors (Lipinski definition) is 6. The van der Waals surface area contributed by atoms with E-state index in [1.54, 1.807) is 6.92 Å². The highest BCUT2D eigenvalue weighted by Gasteiger charge is 2.41. The largest absolute Gasteiger partial charge is 0.383 e. The summed E-state index contributed by atoms with van der Waals surface area (Å²) in [7, 11) is -4.50. The molecule has 0 aliphatic carbocycles. The summed E-state index contributed by atoms with van der Waals surface area (Å²) in [5, 5.41) is 10.3. The van der Waals surface area contributed by atoms with Gasteiger partial charge in [0.05, 0.1) is 6.61 Å². The summed E-state index contributed by atoms with van der Waals surface area (Å²) in [6.07, 6.45) is 9.50. The van der Waals surface area contributed by atoms with Crippen LogP contribution in [-0.4, -0.2) is 37.7 Å². The third kappa shape index (κ3) is 9.70. The van der Waals surface area contributed by atoms with Crippen molar-refractivity contribution in [2.45, 2.75) is 77.5 Å². The van der Waals surface area contributed by atoms with Gasteiger partial charge in [-0.1, -0.05) is 58.3 Å². The van der Waals surface area contributed by atoms with E-state index in [0.717, 1.165) is 19.3 Å². The maximum absolute atomic E-state index is 12.9. The molecule has 146 valence electrons. The Bertz CT molecular complexity index is 394. The maximum atomic E-state index is 12.9. The lowest BCUT2D eigenvalue weighted by molar-refractivity contribution is 0.198. The molecule has 0 aliphatic rings. The van der Waals surface area contributed by atoms with Gasteiger partial charge in [0, 0.05) is 14.2 Å². The smallest absolute Gasteiger partial charge is 0.339 e. The van der Waals surface area contributed by atoms with Crippen LogP contribution in [0.3, 0.4) is 0 Å². The lowest BCUT2D eigenvalue weighted by Gasteiger charge is -2.25. The van der Waals surface area contributed by atoms with Gasteiger partial charge in [-0.15, -0.1) is 0 Å². The Balaban J connectivity index is 4.31. The molecule has 8 heteroatoms. The quantitative estimate of drug-likeness (QED) is 0.275. The molecule has 0 heterocycles. The number of aliphatic hydroxyl groups is 1. The Labute approximate surface area is 147 Å². The average Bonchev–Trinajstić information content (AvgIpc) is 2.57. The van der Waals surface area contributed by atoms with Crippen LogP contribution in [-0.2, 0) is 22.7 Å². The van der Waals surface area contributed by atoms with Crippen LogP contribution in [0.25, 0.3) is 0 Å². The lowest BCUT2D eigenvalue weighted by atomic mass is 10.1. The third-order valence-electron chi connectivity index (χ3n) is 4.04. The van der Waals surface area contributed by atoms with Crippen LogP contribution < -0.4 is 0 Å². The number of rotatable bonds is 16. The van der Waals surface area contributed by atoms with Crippen LogP contribution in [0.1, 0.15) is 71.6 Å². The normalized spacial score (nSPS) is 16.0. The lowest BCUT2D eigenvalue weighted by Crippen LogP contribution is -2.14. The molecule has 0 bridgehead atoms. The van der Waals surface area contributed by atoms with Crippen LogP contribution in [0.15, 0.2) is 0 Å². The standard InChI is InChI=1S/C16H36O6P2/c1-5-7-8-9-10-11-12-13-14-16(17)23(18,22-6-2)15-24(19,20-3)21-4/h16-17H,5-15H2,1-4H3. The zero-order valence-corrected chi connectivity index (χ0v) is 17.5. The molecule has 0 aromatic heterocycles. The van der Waals surface area contributed by atoms with E-state index in [-0.39, 0.29) is 12.5 Å². The van der Waals surface area contributed by atoms with Gasteiger partial charge < -0.3 is 18.7 Å². The van der Waals surface area contributed by atoms with Crippen molar-refractivity contribution in [2.24, 2.45) is 0 Å². The number of aliphatic hydroxyl groups excluding tert-OH is 1. The summed E-state index contributed by atoms with van der Waals surface area (Å²) in [5.74, 6) is -1.52. The summed E-state index contributed by atoms with van der Waals surface area (Å²) < 4.78 is 40.1. The first kappa shape index (κ1) is 24.3. The van der Waals surface area contributed by atoms with E-state index in [4.69, 9.17) is 13.6 Å². The zero-order chi connectivity index (χ0) is 18.5. The molecule has 0 aromatic rings. The second kappa shape index (κ2) is 13.5. The van der Waals surface area contributed by atoms with E-state index in [9.17, 15) is 14.2 Å². The second-order valence-corrected chi connectivity index (χ2v) is 11.4. The minimum atomic E-state index is -3.49. The van der Waals surface area contributed by atoms with E-state index < -0.39 is 20.8 Å². The third-order valence-corrected chi connectivity index (χ3v) is 9.98. The highest BCUT2D eigenvalue weighted by atomic mass is 31.2. The summed E-state index contributed by atoms with van der Waals surface area (Å²) in [6, 6.07) is 0. The molecule has 2 unspecified atom stereocenters. The molecule has 0 aromatic carbocycles. The summed E-state index contributed by atoms with van der Waals surface area (Å²) in [6.45, 7) is 4.07. The van der Waals surface area contributed by atoms with E-state index in [2.05, 4.69) is 6.92 Å². The Morgan fingerprint density at radius 2 is 1.38 bits per heavy atom. The van der Waals surface area contributed by atoms with Gasteiger partial charge in [-0.2, -0.15) is 0 Å². The molecule has 0 aliphatic heterocycles. The van der Waals surface area contributed by atoms with Gasteiger partial charge >= 0.3 is 7.60 Å². The van der Waals surface area contributed by atoms with Gasteiger partial charge in [0.15, 0.2) is 0 Å². The Hall–Kier alpha value is 0.300. The van der Waals surface area contributed by atoms with Crippen molar-refractivity contribution in [3.05, 3.63) is 0 Å². The van der Waals surface area contributed by atoms with Crippen molar-refractivity contribution >= 4 is 15.0 Å². The molecule has 0 saturated carbocycles. The maximum Gasteiger partial charge on any atom is 0.339 e. The van der Waals surface area contributed by atoms with Crippen LogP contribution in [0.2, 0.25) is 0 Å². The molecular formula is C16H36O6P2. The molecule has 0 saturated heterocycles. The van der Waals surface area contributed by atoms with Crippen LogP contribution in [0, 0.1) is 0 Å². The Kier molecular flexibility index (Phi) is 13.7. The fraction of sp³-hybridized carbons (Fsp3) is 1.00.